The summed E-state index contributed by atoms with van der Waals surface area (Å²) in [5, 5.41) is 3.65. The highest BCUT2D eigenvalue weighted by atomic mass is 35.5. The third kappa shape index (κ3) is 4.65. The van der Waals surface area contributed by atoms with Gasteiger partial charge in [-0.25, -0.2) is 0 Å². The Morgan fingerprint density at radius 3 is 2.12 bits per heavy atom. The summed E-state index contributed by atoms with van der Waals surface area (Å²) in [7, 11) is 6.99. The van der Waals surface area contributed by atoms with Crippen molar-refractivity contribution >= 4 is 17.5 Å². The first kappa shape index (κ1) is 19.1. The van der Waals surface area contributed by atoms with Gasteiger partial charge in [0, 0.05) is 11.6 Å². The maximum atomic E-state index is 12.7. The lowest BCUT2D eigenvalue weighted by atomic mass is 10.1. The molecule has 0 aliphatic heterocycles. The van der Waals surface area contributed by atoms with Crippen LogP contribution in [-0.4, -0.2) is 45.7 Å². The van der Waals surface area contributed by atoms with E-state index in [4.69, 9.17) is 21.1 Å². The number of likely N-dealkylation sites (N-methyl/N-ethyl adjacent to an activating group) is 1. The second-order valence-corrected chi connectivity index (χ2v) is 6.21. The molecule has 0 aliphatic carbocycles. The van der Waals surface area contributed by atoms with Gasteiger partial charge in [0.05, 0.1) is 20.3 Å². The van der Waals surface area contributed by atoms with Crippen LogP contribution in [0.2, 0.25) is 5.02 Å². The van der Waals surface area contributed by atoms with E-state index in [9.17, 15) is 4.79 Å². The van der Waals surface area contributed by atoms with Crippen LogP contribution in [0.25, 0.3) is 0 Å². The second-order valence-electron chi connectivity index (χ2n) is 5.78. The fourth-order valence-electron chi connectivity index (χ4n) is 2.64. The van der Waals surface area contributed by atoms with Gasteiger partial charge in [-0.1, -0.05) is 29.8 Å². The predicted octanol–water partition coefficient (Wildman–Crippen LogP) is 3.39. The Bertz CT molecular complexity index is 695. The van der Waals surface area contributed by atoms with E-state index in [0.717, 1.165) is 5.56 Å². The summed E-state index contributed by atoms with van der Waals surface area (Å²) < 4.78 is 10.6. The number of methoxy groups -OCH3 is 2. The third-order valence-electron chi connectivity index (χ3n) is 3.99. The lowest BCUT2D eigenvalue weighted by molar-refractivity contribution is 0.0935. The molecule has 2 aromatic rings. The van der Waals surface area contributed by atoms with E-state index >= 15 is 0 Å². The van der Waals surface area contributed by atoms with E-state index in [-0.39, 0.29) is 11.9 Å². The van der Waals surface area contributed by atoms with E-state index in [2.05, 4.69) is 5.32 Å². The standard InChI is InChI=1S/C19H23ClN2O3/c1-22(2)15(13-8-10-14(20)11-9-13)12-21-19(23)18-16(24-3)6-5-7-17(18)25-4/h5-11,15H,12H2,1-4H3,(H,21,23). The molecule has 0 bridgehead atoms. The SMILES string of the molecule is COc1cccc(OC)c1C(=O)NCC(c1ccc(Cl)cc1)N(C)C. The number of hydrogen-bond donors (Lipinski definition) is 1. The lowest BCUT2D eigenvalue weighted by Crippen LogP contribution is -2.34. The molecule has 5 nitrogen and oxygen atoms in total. The molecule has 1 amide bonds. The van der Waals surface area contributed by atoms with Crippen molar-refractivity contribution < 1.29 is 14.3 Å². The van der Waals surface area contributed by atoms with E-state index < -0.39 is 0 Å². The zero-order valence-electron chi connectivity index (χ0n) is 14.9. The first-order valence-corrected chi connectivity index (χ1v) is 8.26. The zero-order valence-corrected chi connectivity index (χ0v) is 15.6. The molecule has 0 spiro atoms. The molecule has 0 saturated carbocycles. The fraction of sp³-hybridized carbons (Fsp3) is 0.316. The molecule has 0 radical (unpaired) electrons. The van der Waals surface area contributed by atoms with Crippen LogP contribution < -0.4 is 14.8 Å². The minimum absolute atomic E-state index is 0.0157. The van der Waals surface area contributed by atoms with Gasteiger partial charge in [0.15, 0.2) is 0 Å². The minimum Gasteiger partial charge on any atom is -0.496 e. The van der Waals surface area contributed by atoms with Gasteiger partial charge in [-0.3, -0.25) is 4.79 Å². The normalized spacial score (nSPS) is 11.9. The van der Waals surface area contributed by atoms with E-state index in [1.54, 1.807) is 18.2 Å². The number of carbonyl (C=O) groups excluding carboxylic acids is 1. The fourth-order valence-corrected chi connectivity index (χ4v) is 2.76. The first-order valence-electron chi connectivity index (χ1n) is 7.89. The monoisotopic (exact) mass is 362 g/mol. The van der Waals surface area contributed by atoms with Crippen molar-refractivity contribution in [3.63, 3.8) is 0 Å². The molecule has 2 rings (SSSR count). The molecule has 2 aromatic carbocycles. The number of amides is 1. The summed E-state index contributed by atoms with van der Waals surface area (Å²) in [6.07, 6.45) is 0. The molecular weight excluding hydrogens is 340 g/mol. The van der Waals surface area contributed by atoms with Gasteiger partial charge in [-0.2, -0.15) is 0 Å². The van der Waals surface area contributed by atoms with Crippen molar-refractivity contribution in [2.24, 2.45) is 0 Å². The van der Waals surface area contributed by atoms with Crippen molar-refractivity contribution in [2.75, 3.05) is 34.9 Å². The van der Waals surface area contributed by atoms with E-state index in [1.807, 2.05) is 43.3 Å². The number of nitrogens with one attached hydrogen (secondary N) is 1. The highest BCUT2D eigenvalue weighted by molar-refractivity contribution is 6.30. The van der Waals surface area contributed by atoms with Crippen LogP contribution in [0.15, 0.2) is 42.5 Å². The number of nitrogens with zero attached hydrogens (tertiary/aromatic N) is 1. The molecule has 6 heteroatoms. The second kappa shape index (κ2) is 8.74. The Kier molecular flexibility index (Phi) is 6.67. The van der Waals surface area contributed by atoms with Crippen molar-refractivity contribution in [1.82, 2.24) is 10.2 Å². The van der Waals surface area contributed by atoms with Crippen molar-refractivity contribution in [1.29, 1.82) is 0 Å². The van der Waals surface area contributed by atoms with Crippen LogP contribution in [-0.2, 0) is 0 Å². The van der Waals surface area contributed by atoms with Gasteiger partial charge < -0.3 is 19.7 Å². The molecular formula is C19H23ClN2O3. The number of hydrogen-bond acceptors (Lipinski definition) is 4. The molecule has 0 aliphatic rings. The number of benzene rings is 2. The predicted molar refractivity (Wildman–Crippen MR) is 99.8 cm³/mol. The molecule has 0 fully saturated rings. The Morgan fingerprint density at radius 1 is 1.08 bits per heavy atom. The summed E-state index contributed by atoms with van der Waals surface area (Å²) in [5.74, 6) is 0.713. The summed E-state index contributed by atoms with van der Waals surface area (Å²) in [6.45, 7) is 0.439. The average Bonchev–Trinajstić information content (AvgIpc) is 2.62. The maximum absolute atomic E-state index is 12.7. The van der Waals surface area contributed by atoms with Crippen molar-refractivity contribution in [3.8, 4) is 11.5 Å². The largest absolute Gasteiger partial charge is 0.496 e. The summed E-state index contributed by atoms with van der Waals surface area (Å²) >= 11 is 5.96. The van der Waals surface area contributed by atoms with Crippen LogP contribution in [0.1, 0.15) is 22.0 Å². The Labute approximate surface area is 153 Å². The molecule has 0 heterocycles. The zero-order chi connectivity index (χ0) is 18.4. The Balaban J connectivity index is 2.18. The van der Waals surface area contributed by atoms with Crippen LogP contribution in [0.3, 0.4) is 0 Å². The average molecular weight is 363 g/mol. The molecule has 0 aromatic heterocycles. The van der Waals surface area contributed by atoms with Crippen LogP contribution >= 0.6 is 11.6 Å². The van der Waals surface area contributed by atoms with Gasteiger partial charge >= 0.3 is 0 Å². The molecule has 1 N–H and O–H groups in total. The molecule has 134 valence electrons. The van der Waals surface area contributed by atoms with Gasteiger partial charge in [0.1, 0.15) is 17.1 Å². The number of carbonyl (C=O) groups is 1. The van der Waals surface area contributed by atoms with Crippen LogP contribution in [0, 0.1) is 0 Å². The van der Waals surface area contributed by atoms with Crippen LogP contribution in [0.4, 0.5) is 0 Å². The van der Waals surface area contributed by atoms with Gasteiger partial charge in [-0.05, 0) is 43.9 Å². The molecule has 1 unspecified atom stereocenters. The lowest BCUT2D eigenvalue weighted by Gasteiger charge is -2.25. The highest BCUT2D eigenvalue weighted by Crippen LogP contribution is 2.28. The molecule has 25 heavy (non-hydrogen) atoms. The quantitative estimate of drug-likeness (QED) is 0.820. The van der Waals surface area contributed by atoms with Crippen molar-refractivity contribution in [3.05, 3.63) is 58.6 Å². The number of ether oxygens (including phenoxy) is 2. The molecule has 0 saturated heterocycles. The first-order chi connectivity index (χ1) is 12.0. The maximum Gasteiger partial charge on any atom is 0.258 e. The minimum atomic E-state index is -0.241. The molecule has 1 atom stereocenters. The van der Waals surface area contributed by atoms with E-state index in [0.29, 0.717) is 28.6 Å². The Morgan fingerprint density at radius 2 is 1.64 bits per heavy atom. The number of halogens is 1. The number of rotatable bonds is 7. The smallest absolute Gasteiger partial charge is 0.258 e. The van der Waals surface area contributed by atoms with E-state index in [1.165, 1.54) is 14.2 Å². The summed E-state index contributed by atoms with van der Waals surface area (Å²) in [6, 6.07) is 12.9. The van der Waals surface area contributed by atoms with Crippen molar-refractivity contribution in [2.45, 2.75) is 6.04 Å². The van der Waals surface area contributed by atoms with Gasteiger partial charge in [0.25, 0.3) is 5.91 Å². The Hall–Kier alpha value is -2.24. The van der Waals surface area contributed by atoms with Crippen LogP contribution in [0.5, 0.6) is 11.5 Å². The summed E-state index contributed by atoms with van der Waals surface area (Å²) in [4.78, 5) is 14.8. The third-order valence-corrected chi connectivity index (χ3v) is 4.24. The van der Waals surface area contributed by atoms with Gasteiger partial charge in [-0.15, -0.1) is 0 Å². The topological polar surface area (TPSA) is 50.8 Å². The van der Waals surface area contributed by atoms with Gasteiger partial charge in [0.2, 0.25) is 0 Å². The summed E-state index contributed by atoms with van der Waals surface area (Å²) in [5.41, 5.74) is 1.46. The highest BCUT2D eigenvalue weighted by Gasteiger charge is 2.20.